The molecule has 1 heterocycles. The lowest BCUT2D eigenvalue weighted by Crippen LogP contribution is -2.50. The SMILES string of the molecule is CCOc1ccc(C(=O)NCC(=O)N2CCN(Cc3ccc(OC)cc3)CC2)cc1. The van der Waals surface area contributed by atoms with Gasteiger partial charge in [-0.3, -0.25) is 14.5 Å². The number of nitrogens with one attached hydrogen (secondary N) is 1. The van der Waals surface area contributed by atoms with Crippen molar-refractivity contribution < 1.29 is 19.1 Å². The van der Waals surface area contributed by atoms with Crippen LogP contribution in [0.15, 0.2) is 48.5 Å². The highest BCUT2D eigenvalue weighted by Gasteiger charge is 2.21. The fraction of sp³-hybridized carbons (Fsp3) is 0.391. The van der Waals surface area contributed by atoms with Crippen molar-refractivity contribution in [2.45, 2.75) is 13.5 Å². The molecule has 0 bridgehead atoms. The lowest BCUT2D eigenvalue weighted by atomic mass is 10.2. The summed E-state index contributed by atoms with van der Waals surface area (Å²) in [7, 11) is 1.66. The van der Waals surface area contributed by atoms with E-state index in [2.05, 4.69) is 22.3 Å². The summed E-state index contributed by atoms with van der Waals surface area (Å²) < 4.78 is 10.6. The van der Waals surface area contributed by atoms with Crippen molar-refractivity contribution in [1.82, 2.24) is 15.1 Å². The average Bonchev–Trinajstić information content (AvgIpc) is 2.79. The Labute approximate surface area is 177 Å². The lowest BCUT2D eigenvalue weighted by molar-refractivity contribution is -0.131. The van der Waals surface area contributed by atoms with Gasteiger partial charge in [0.1, 0.15) is 11.5 Å². The van der Waals surface area contributed by atoms with Crippen molar-refractivity contribution in [3.8, 4) is 11.5 Å². The molecule has 2 aromatic rings. The molecule has 1 fully saturated rings. The van der Waals surface area contributed by atoms with Crippen molar-refractivity contribution >= 4 is 11.8 Å². The van der Waals surface area contributed by atoms with Crippen molar-refractivity contribution in [3.63, 3.8) is 0 Å². The largest absolute Gasteiger partial charge is 0.497 e. The van der Waals surface area contributed by atoms with Gasteiger partial charge in [0.15, 0.2) is 0 Å². The Bertz CT molecular complexity index is 829. The normalized spacial score (nSPS) is 14.3. The van der Waals surface area contributed by atoms with Crippen LogP contribution >= 0.6 is 0 Å². The van der Waals surface area contributed by atoms with Gasteiger partial charge in [-0.05, 0) is 48.9 Å². The fourth-order valence-electron chi connectivity index (χ4n) is 3.38. The molecule has 160 valence electrons. The van der Waals surface area contributed by atoms with Gasteiger partial charge in [0.2, 0.25) is 5.91 Å². The monoisotopic (exact) mass is 411 g/mol. The molecule has 7 nitrogen and oxygen atoms in total. The number of nitrogens with zero attached hydrogens (tertiary/aromatic N) is 2. The van der Waals surface area contributed by atoms with Crippen LogP contribution in [0.5, 0.6) is 11.5 Å². The maximum atomic E-state index is 12.5. The molecule has 0 atom stereocenters. The minimum atomic E-state index is -0.260. The molecular weight excluding hydrogens is 382 g/mol. The topological polar surface area (TPSA) is 71.1 Å². The molecule has 2 amide bonds. The van der Waals surface area contributed by atoms with Crippen LogP contribution in [0, 0.1) is 0 Å². The Balaban J connectivity index is 1.40. The second-order valence-corrected chi connectivity index (χ2v) is 7.15. The summed E-state index contributed by atoms with van der Waals surface area (Å²) in [6, 6.07) is 14.9. The number of amides is 2. The molecule has 1 aliphatic rings. The highest BCUT2D eigenvalue weighted by Crippen LogP contribution is 2.14. The first-order valence-corrected chi connectivity index (χ1v) is 10.2. The van der Waals surface area contributed by atoms with E-state index in [0.717, 1.165) is 31.1 Å². The first kappa shape index (κ1) is 21.6. The fourth-order valence-corrected chi connectivity index (χ4v) is 3.38. The van der Waals surface area contributed by atoms with E-state index >= 15 is 0 Å². The van der Waals surface area contributed by atoms with E-state index in [9.17, 15) is 9.59 Å². The van der Waals surface area contributed by atoms with Crippen LogP contribution in [0.25, 0.3) is 0 Å². The molecule has 7 heteroatoms. The van der Waals surface area contributed by atoms with E-state index in [1.165, 1.54) is 5.56 Å². The number of piperazine rings is 1. The van der Waals surface area contributed by atoms with Crippen molar-refractivity contribution in [3.05, 3.63) is 59.7 Å². The zero-order valence-electron chi connectivity index (χ0n) is 17.6. The van der Waals surface area contributed by atoms with E-state index in [1.54, 1.807) is 31.4 Å². The molecule has 0 unspecified atom stereocenters. The van der Waals surface area contributed by atoms with Gasteiger partial charge < -0.3 is 19.7 Å². The van der Waals surface area contributed by atoms with E-state index < -0.39 is 0 Å². The number of hydrogen-bond acceptors (Lipinski definition) is 5. The van der Waals surface area contributed by atoms with Gasteiger partial charge in [-0.25, -0.2) is 0 Å². The highest BCUT2D eigenvalue weighted by molar-refractivity contribution is 5.96. The number of carbonyl (C=O) groups excluding carboxylic acids is 2. The van der Waals surface area contributed by atoms with Crippen molar-refractivity contribution in [2.75, 3.05) is 46.4 Å². The molecule has 0 aromatic heterocycles. The molecule has 1 N–H and O–H groups in total. The quantitative estimate of drug-likeness (QED) is 0.721. The Hall–Kier alpha value is -3.06. The van der Waals surface area contributed by atoms with Gasteiger partial charge in [0, 0.05) is 38.3 Å². The molecule has 30 heavy (non-hydrogen) atoms. The maximum Gasteiger partial charge on any atom is 0.251 e. The standard InChI is InChI=1S/C23H29N3O4/c1-3-30-21-10-6-19(7-11-21)23(28)24-16-22(27)26-14-12-25(13-15-26)17-18-4-8-20(29-2)9-5-18/h4-11H,3,12-17H2,1-2H3,(H,24,28). The summed E-state index contributed by atoms with van der Waals surface area (Å²) >= 11 is 0. The molecule has 1 aliphatic heterocycles. The highest BCUT2D eigenvalue weighted by atomic mass is 16.5. The molecule has 0 spiro atoms. The van der Waals surface area contributed by atoms with Crippen LogP contribution in [0.3, 0.4) is 0 Å². The van der Waals surface area contributed by atoms with Crippen LogP contribution in [-0.4, -0.2) is 68.1 Å². The van der Waals surface area contributed by atoms with Crippen LogP contribution in [0.4, 0.5) is 0 Å². The third kappa shape index (κ3) is 5.97. The number of rotatable bonds is 8. The first-order valence-electron chi connectivity index (χ1n) is 10.2. The zero-order valence-corrected chi connectivity index (χ0v) is 17.6. The van der Waals surface area contributed by atoms with Gasteiger partial charge in [-0.1, -0.05) is 12.1 Å². The molecule has 0 radical (unpaired) electrons. The second-order valence-electron chi connectivity index (χ2n) is 7.15. The van der Waals surface area contributed by atoms with Crippen molar-refractivity contribution in [1.29, 1.82) is 0 Å². The first-order chi connectivity index (χ1) is 14.6. The second kappa shape index (κ2) is 10.6. The summed E-state index contributed by atoms with van der Waals surface area (Å²) in [5.41, 5.74) is 1.73. The minimum absolute atomic E-state index is 0.00449. The molecule has 0 saturated carbocycles. The number of benzene rings is 2. The van der Waals surface area contributed by atoms with Gasteiger partial charge in [-0.15, -0.1) is 0 Å². The molecule has 0 aliphatic carbocycles. The Kier molecular flexibility index (Phi) is 7.68. The number of methoxy groups -OCH3 is 1. The summed E-state index contributed by atoms with van der Waals surface area (Å²) in [4.78, 5) is 28.9. The number of ether oxygens (including phenoxy) is 2. The third-order valence-electron chi connectivity index (χ3n) is 5.12. The summed E-state index contributed by atoms with van der Waals surface area (Å²) in [5.74, 6) is 1.25. The summed E-state index contributed by atoms with van der Waals surface area (Å²) in [5, 5.41) is 2.71. The number of carbonyl (C=O) groups is 2. The maximum absolute atomic E-state index is 12.5. The summed E-state index contributed by atoms with van der Waals surface area (Å²) in [6.45, 7) is 6.28. The molecule has 1 saturated heterocycles. The Morgan fingerprint density at radius 1 is 0.933 bits per heavy atom. The van der Waals surface area contributed by atoms with E-state index in [1.807, 2.05) is 24.0 Å². The van der Waals surface area contributed by atoms with Gasteiger partial charge in [0.25, 0.3) is 5.91 Å². The predicted molar refractivity (Wildman–Crippen MR) is 115 cm³/mol. The van der Waals surface area contributed by atoms with Crippen molar-refractivity contribution in [2.24, 2.45) is 0 Å². The number of hydrogen-bond donors (Lipinski definition) is 1. The molecule has 2 aromatic carbocycles. The van der Waals surface area contributed by atoms with Gasteiger partial charge in [-0.2, -0.15) is 0 Å². The van der Waals surface area contributed by atoms with Crippen LogP contribution in [-0.2, 0) is 11.3 Å². The average molecular weight is 412 g/mol. The van der Waals surface area contributed by atoms with Crippen LogP contribution < -0.4 is 14.8 Å². The lowest BCUT2D eigenvalue weighted by Gasteiger charge is -2.34. The minimum Gasteiger partial charge on any atom is -0.497 e. The van der Waals surface area contributed by atoms with Crippen LogP contribution in [0.1, 0.15) is 22.8 Å². The Morgan fingerprint density at radius 2 is 1.57 bits per heavy atom. The summed E-state index contributed by atoms with van der Waals surface area (Å²) in [6.07, 6.45) is 0. The van der Waals surface area contributed by atoms with E-state index in [4.69, 9.17) is 9.47 Å². The van der Waals surface area contributed by atoms with E-state index in [0.29, 0.717) is 25.3 Å². The third-order valence-corrected chi connectivity index (χ3v) is 5.12. The van der Waals surface area contributed by atoms with Gasteiger partial charge >= 0.3 is 0 Å². The predicted octanol–water partition coefficient (Wildman–Crippen LogP) is 2.17. The van der Waals surface area contributed by atoms with Crippen LogP contribution in [0.2, 0.25) is 0 Å². The zero-order chi connectivity index (χ0) is 21.3. The van der Waals surface area contributed by atoms with E-state index in [-0.39, 0.29) is 18.4 Å². The molecular formula is C23H29N3O4. The van der Waals surface area contributed by atoms with Gasteiger partial charge in [0.05, 0.1) is 20.3 Å². The molecule has 3 rings (SSSR count). The smallest absolute Gasteiger partial charge is 0.251 e. The Morgan fingerprint density at radius 3 is 2.17 bits per heavy atom.